The number of nitrogens with one attached hydrogen (secondary N) is 3. The van der Waals surface area contributed by atoms with E-state index in [4.69, 9.17) is 14.2 Å². The average Bonchev–Trinajstić information content (AvgIpc) is 3.00. The van der Waals surface area contributed by atoms with Gasteiger partial charge < -0.3 is 35.1 Å². The van der Waals surface area contributed by atoms with Crippen molar-refractivity contribution in [2.24, 2.45) is 0 Å². The minimum atomic E-state index is -1.09. The summed E-state index contributed by atoms with van der Waals surface area (Å²) in [7, 11) is 3.27. The number of fused-ring (bicyclic) bond motifs is 2. The molecule has 2 heterocycles. The number of ether oxygens (including phenoxy) is 3. The molecule has 1 fully saturated rings. The Labute approximate surface area is 247 Å². The number of methoxy groups -OCH3 is 1. The Hall–Kier alpha value is -4.71. The summed E-state index contributed by atoms with van der Waals surface area (Å²) < 4.78 is 44.2. The lowest BCUT2D eigenvalue weighted by Crippen LogP contribution is -2.53. The third-order valence-electron chi connectivity index (χ3n) is 7.53. The fourth-order valence-electron chi connectivity index (χ4n) is 5.29. The lowest BCUT2D eigenvalue weighted by Gasteiger charge is -2.42. The first kappa shape index (κ1) is 29.8. The van der Waals surface area contributed by atoms with E-state index in [2.05, 4.69) is 16.0 Å². The highest BCUT2D eigenvalue weighted by molar-refractivity contribution is 6.02. The molecule has 0 bridgehead atoms. The van der Waals surface area contributed by atoms with Gasteiger partial charge in [-0.3, -0.25) is 9.59 Å². The summed E-state index contributed by atoms with van der Waals surface area (Å²) in [6, 6.07) is 14.1. The molecule has 226 valence electrons. The van der Waals surface area contributed by atoms with Gasteiger partial charge in [0, 0.05) is 36.6 Å². The van der Waals surface area contributed by atoms with Crippen molar-refractivity contribution in [1.29, 1.82) is 0 Å². The quantitative estimate of drug-likeness (QED) is 0.365. The fourth-order valence-corrected chi connectivity index (χ4v) is 5.29. The van der Waals surface area contributed by atoms with E-state index in [1.54, 1.807) is 31.2 Å². The van der Waals surface area contributed by atoms with E-state index in [-0.39, 0.29) is 48.2 Å². The van der Waals surface area contributed by atoms with Gasteiger partial charge in [-0.25, -0.2) is 13.6 Å². The van der Waals surface area contributed by atoms with Gasteiger partial charge in [0.25, 0.3) is 5.91 Å². The number of halogens is 2. The van der Waals surface area contributed by atoms with E-state index in [1.807, 2.05) is 24.3 Å². The Kier molecular flexibility index (Phi) is 9.05. The van der Waals surface area contributed by atoms with Crippen molar-refractivity contribution in [3.05, 3.63) is 83.4 Å². The number of benzene rings is 3. The molecule has 1 saturated heterocycles. The molecule has 3 aromatic carbocycles. The van der Waals surface area contributed by atoms with Gasteiger partial charge in [0.1, 0.15) is 24.2 Å². The molecule has 43 heavy (non-hydrogen) atoms. The Morgan fingerprint density at radius 3 is 2.51 bits per heavy atom. The molecule has 0 spiro atoms. The van der Waals surface area contributed by atoms with Crippen LogP contribution < -0.4 is 25.4 Å². The maximum atomic E-state index is 13.5. The van der Waals surface area contributed by atoms with Crippen molar-refractivity contribution >= 4 is 29.2 Å². The van der Waals surface area contributed by atoms with Crippen LogP contribution in [0.2, 0.25) is 0 Å². The van der Waals surface area contributed by atoms with Crippen molar-refractivity contribution in [3.8, 4) is 11.5 Å². The van der Waals surface area contributed by atoms with Gasteiger partial charge in [0.2, 0.25) is 5.91 Å². The molecule has 0 saturated carbocycles. The zero-order valence-corrected chi connectivity index (χ0v) is 23.7. The fraction of sp³-hybridized carbons (Fsp3) is 0.323. The molecule has 3 atom stereocenters. The number of likely N-dealkylation sites (N-methyl/N-ethyl adjacent to an activating group) is 1. The number of amides is 4. The van der Waals surface area contributed by atoms with Crippen LogP contribution >= 0.6 is 0 Å². The Morgan fingerprint density at radius 1 is 1.00 bits per heavy atom. The summed E-state index contributed by atoms with van der Waals surface area (Å²) in [6.07, 6.45) is 0.602. The van der Waals surface area contributed by atoms with Gasteiger partial charge in [0.05, 0.1) is 31.2 Å². The third-order valence-corrected chi connectivity index (χ3v) is 7.53. The summed E-state index contributed by atoms with van der Waals surface area (Å²) in [5.74, 6) is -1.56. The summed E-state index contributed by atoms with van der Waals surface area (Å²) in [5.41, 5.74) is 1.50. The summed E-state index contributed by atoms with van der Waals surface area (Å²) in [5, 5.41) is 7.93. The smallest absolute Gasteiger partial charge is 0.323 e. The molecular formula is C31H32F2N4O6. The van der Waals surface area contributed by atoms with Gasteiger partial charge in [-0.2, -0.15) is 0 Å². The molecule has 0 aromatic heterocycles. The number of rotatable bonds is 7. The predicted molar refractivity (Wildman–Crippen MR) is 154 cm³/mol. The van der Waals surface area contributed by atoms with Crippen molar-refractivity contribution in [1.82, 2.24) is 10.2 Å². The lowest BCUT2D eigenvalue weighted by molar-refractivity contribution is -0.134. The van der Waals surface area contributed by atoms with Gasteiger partial charge >= 0.3 is 6.03 Å². The van der Waals surface area contributed by atoms with Crippen LogP contribution in [-0.2, 0) is 16.1 Å². The Bertz CT molecular complexity index is 1520. The van der Waals surface area contributed by atoms with Crippen molar-refractivity contribution < 1.29 is 37.4 Å². The number of hydrogen-bond acceptors (Lipinski definition) is 6. The number of hydrogen-bond donors (Lipinski definition) is 3. The van der Waals surface area contributed by atoms with Crippen molar-refractivity contribution in [2.45, 2.75) is 44.1 Å². The normalized spacial score (nSPS) is 19.6. The second-order valence-electron chi connectivity index (χ2n) is 10.4. The maximum Gasteiger partial charge on any atom is 0.323 e. The predicted octanol–water partition coefficient (Wildman–Crippen LogP) is 4.70. The Morgan fingerprint density at radius 2 is 1.74 bits per heavy atom. The number of para-hydroxylation sites is 1. The molecule has 4 amide bonds. The molecule has 2 aliphatic heterocycles. The standard InChI is InChI=1S/C31H32F2N4O6/c1-37-25-11-9-21(15-29(38)34-16-18-5-3-4-6-26(18)41-2)43-28(25)17-42-27-12-8-19(13-22(27)30(37)39)35-31(40)36-20-7-10-23(32)24(33)14-20/h3-8,10,12-14,21,25,28H,9,11,15-17H2,1-2H3,(H,34,38)(H2,35,36,40)/t21-,25-,28-/m1/s1. The zero-order valence-electron chi connectivity index (χ0n) is 23.7. The van der Waals surface area contributed by atoms with Crippen molar-refractivity contribution in [3.63, 3.8) is 0 Å². The molecule has 0 radical (unpaired) electrons. The number of nitrogens with zero attached hydrogens (tertiary/aromatic N) is 1. The van der Waals surface area contributed by atoms with E-state index >= 15 is 0 Å². The Balaban J connectivity index is 1.19. The van der Waals surface area contributed by atoms with Crippen LogP contribution in [0.15, 0.2) is 60.7 Å². The summed E-state index contributed by atoms with van der Waals surface area (Å²) in [4.78, 5) is 40.2. The van der Waals surface area contributed by atoms with Crippen LogP contribution in [0.4, 0.5) is 25.0 Å². The van der Waals surface area contributed by atoms with Crippen LogP contribution in [0.5, 0.6) is 11.5 Å². The zero-order chi connectivity index (χ0) is 30.5. The van der Waals surface area contributed by atoms with Crippen LogP contribution in [0.3, 0.4) is 0 Å². The molecule has 2 aliphatic rings. The second-order valence-corrected chi connectivity index (χ2v) is 10.4. The first-order valence-electron chi connectivity index (χ1n) is 13.8. The van der Waals surface area contributed by atoms with Gasteiger partial charge in [-0.15, -0.1) is 0 Å². The van der Waals surface area contributed by atoms with Crippen LogP contribution in [0, 0.1) is 11.6 Å². The van der Waals surface area contributed by atoms with Gasteiger partial charge in [-0.05, 0) is 49.2 Å². The number of carbonyl (C=O) groups excluding carboxylic acids is 3. The van der Waals surface area contributed by atoms with Crippen LogP contribution in [0.1, 0.15) is 35.2 Å². The maximum absolute atomic E-state index is 13.5. The lowest BCUT2D eigenvalue weighted by atomic mass is 9.94. The highest BCUT2D eigenvalue weighted by Gasteiger charge is 2.39. The molecule has 10 nitrogen and oxygen atoms in total. The molecule has 0 unspecified atom stereocenters. The monoisotopic (exact) mass is 594 g/mol. The highest BCUT2D eigenvalue weighted by Crippen LogP contribution is 2.32. The van der Waals surface area contributed by atoms with Gasteiger partial charge in [-0.1, -0.05) is 18.2 Å². The van der Waals surface area contributed by atoms with Crippen LogP contribution in [-0.4, -0.2) is 61.8 Å². The van der Waals surface area contributed by atoms with E-state index in [0.29, 0.717) is 36.6 Å². The molecule has 0 aliphatic carbocycles. The SMILES string of the molecule is COc1ccccc1CNC(=O)C[C@H]1CC[C@@H]2[C@@H](COc3ccc(NC(=O)Nc4ccc(F)c(F)c4)cc3C(=O)N2C)O1. The number of carbonyl (C=O) groups is 3. The summed E-state index contributed by atoms with van der Waals surface area (Å²) >= 11 is 0. The molecule has 12 heteroatoms. The van der Waals surface area contributed by atoms with E-state index in [9.17, 15) is 23.2 Å². The number of anilines is 2. The van der Waals surface area contributed by atoms with E-state index in [1.165, 1.54) is 12.1 Å². The first-order chi connectivity index (χ1) is 20.7. The highest BCUT2D eigenvalue weighted by atomic mass is 19.2. The third kappa shape index (κ3) is 7.03. The second kappa shape index (κ2) is 13.1. The summed E-state index contributed by atoms with van der Waals surface area (Å²) in [6.45, 7) is 0.500. The van der Waals surface area contributed by atoms with Crippen molar-refractivity contribution in [2.75, 3.05) is 31.4 Å². The minimum absolute atomic E-state index is 0.0670. The van der Waals surface area contributed by atoms with Crippen LogP contribution in [0.25, 0.3) is 0 Å². The minimum Gasteiger partial charge on any atom is -0.496 e. The molecule has 3 aromatic rings. The first-order valence-corrected chi connectivity index (χ1v) is 13.8. The average molecular weight is 595 g/mol. The molecule has 5 rings (SSSR count). The van der Waals surface area contributed by atoms with E-state index in [0.717, 1.165) is 17.7 Å². The molecule has 3 N–H and O–H groups in total. The van der Waals surface area contributed by atoms with Gasteiger partial charge in [0.15, 0.2) is 11.6 Å². The van der Waals surface area contributed by atoms with E-state index < -0.39 is 23.8 Å². The molecular weight excluding hydrogens is 562 g/mol. The largest absolute Gasteiger partial charge is 0.496 e. The number of urea groups is 1. The topological polar surface area (TPSA) is 118 Å².